The van der Waals surface area contributed by atoms with Crippen molar-refractivity contribution in [3.63, 3.8) is 0 Å². The Labute approximate surface area is 99.5 Å². The van der Waals surface area contributed by atoms with Crippen LogP contribution in [-0.4, -0.2) is 16.1 Å². The maximum atomic E-state index is 11.0. The molecule has 17 heavy (non-hydrogen) atoms. The van der Waals surface area contributed by atoms with Gasteiger partial charge < -0.3 is 10.1 Å². The van der Waals surface area contributed by atoms with Gasteiger partial charge in [-0.3, -0.25) is 4.79 Å². The van der Waals surface area contributed by atoms with E-state index in [1.807, 2.05) is 19.1 Å². The van der Waals surface area contributed by atoms with Crippen LogP contribution in [0.15, 0.2) is 24.3 Å². The predicted molar refractivity (Wildman–Crippen MR) is 66.2 cm³/mol. The lowest BCUT2D eigenvalue weighted by Gasteiger charge is -2.21. The normalized spacial score (nSPS) is 22.9. The fourth-order valence-electron chi connectivity index (χ4n) is 3.01. The molecule has 1 aromatic heterocycles. The van der Waals surface area contributed by atoms with Crippen molar-refractivity contribution in [1.29, 1.82) is 0 Å². The largest absolute Gasteiger partial charge is 0.481 e. The highest BCUT2D eigenvalue weighted by Crippen LogP contribution is 2.43. The first-order valence-electron chi connectivity index (χ1n) is 5.92. The maximum absolute atomic E-state index is 11.0. The lowest BCUT2D eigenvalue weighted by molar-refractivity contribution is -0.138. The summed E-state index contributed by atoms with van der Waals surface area (Å²) in [5.41, 5.74) is 3.32. The van der Waals surface area contributed by atoms with Crippen LogP contribution in [0.1, 0.15) is 31.0 Å². The molecule has 0 saturated carbocycles. The van der Waals surface area contributed by atoms with Gasteiger partial charge in [0.25, 0.3) is 0 Å². The molecule has 2 aromatic rings. The first-order valence-corrected chi connectivity index (χ1v) is 5.92. The number of aliphatic carboxylic acids is 1. The molecule has 1 heterocycles. The Morgan fingerprint density at radius 1 is 1.47 bits per heavy atom. The van der Waals surface area contributed by atoms with E-state index in [-0.39, 0.29) is 11.8 Å². The molecule has 0 radical (unpaired) electrons. The minimum atomic E-state index is -0.723. The maximum Gasteiger partial charge on any atom is 0.304 e. The van der Waals surface area contributed by atoms with Crippen molar-refractivity contribution in [3.05, 3.63) is 35.5 Å². The van der Waals surface area contributed by atoms with Crippen molar-refractivity contribution >= 4 is 16.9 Å². The van der Waals surface area contributed by atoms with Gasteiger partial charge >= 0.3 is 5.97 Å². The number of carbonyl (C=O) groups is 1. The van der Waals surface area contributed by atoms with Gasteiger partial charge in [-0.15, -0.1) is 0 Å². The number of aromatic nitrogens is 1. The fourth-order valence-corrected chi connectivity index (χ4v) is 3.01. The van der Waals surface area contributed by atoms with E-state index < -0.39 is 5.97 Å². The van der Waals surface area contributed by atoms with Crippen LogP contribution < -0.4 is 0 Å². The van der Waals surface area contributed by atoms with Gasteiger partial charge in [-0.2, -0.15) is 0 Å². The quantitative estimate of drug-likeness (QED) is 0.832. The topological polar surface area (TPSA) is 53.1 Å². The van der Waals surface area contributed by atoms with Crippen LogP contribution in [0.2, 0.25) is 0 Å². The van der Waals surface area contributed by atoms with Gasteiger partial charge in [0, 0.05) is 22.0 Å². The van der Waals surface area contributed by atoms with Gasteiger partial charge in [-0.1, -0.05) is 25.1 Å². The van der Waals surface area contributed by atoms with Gasteiger partial charge in [0.1, 0.15) is 0 Å². The molecule has 1 aliphatic rings. The molecular weight excluding hydrogens is 214 g/mol. The van der Waals surface area contributed by atoms with Crippen molar-refractivity contribution in [2.24, 2.45) is 0 Å². The van der Waals surface area contributed by atoms with Crippen molar-refractivity contribution in [1.82, 2.24) is 4.98 Å². The summed E-state index contributed by atoms with van der Waals surface area (Å²) in [7, 11) is 0. The summed E-state index contributed by atoms with van der Waals surface area (Å²) >= 11 is 0. The number of H-pyrrole nitrogens is 1. The van der Waals surface area contributed by atoms with E-state index in [0.717, 1.165) is 24.1 Å². The number of hydrogen-bond donors (Lipinski definition) is 2. The number of fused-ring (bicyclic) bond motifs is 3. The molecule has 0 fully saturated rings. The van der Waals surface area contributed by atoms with Crippen LogP contribution in [0, 0.1) is 0 Å². The molecule has 3 rings (SSSR count). The summed E-state index contributed by atoms with van der Waals surface area (Å²) in [6, 6.07) is 8.19. The summed E-state index contributed by atoms with van der Waals surface area (Å²) in [4.78, 5) is 14.4. The molecule has 0 bridgehead atoms. The first kappa shape index (κ1) is 10.4. The lowest BCUT2D eigenvalue weighted by Crippen LogP contribution is -2.23. The van der Waals surface area contributed by atoms with Gasteiger partial charge in [0.2, 0.25) is 0 Å². The standard InChI is InChI=1S/C14H15NO2/c1-14(8-12(16)17)7-6-10-9-4-2-3-5-11(9)15-13(10)14/h2-5,15H,6-8H2,1H3,(H,16,17). The molecule has 1 unspecified atom stereocenters. The summed E-state index contributed by atoms with van der Waals surface area (Å²) in [5, 5.41) is 10.3. The second-order valence-electron chi connectivity index (χ2n) is 5.16. The monoisotopic (exact) mass is 229 g/mol. The van der Waals surface area contributed by atoms with Crippen LogP contribution in [-0.2, 0) is 16.6 Å². The highest BCUT2D eigenvalue weighted by atomic mass is 16.4. The number of hydrogen-bond acceptors (Lipinski definition) is 1. The molecule has 0 spiro atoms. The van der Waals surface area contributed by atoms with Gasteiger partial charge in [-0.05, 0) is 24.5 Å². The van der Waals surface area contributed by atoms with Crippen LogP contribution in [0.3, 0.4) is 0 Å². The number of rotatable bonds is 2. The Bertz CT molecular complexity index is 599. The van der Waals surface area contributed by atoms with E-state index in [4.69, 9.17) is 5.11 Å². The minimum absolute atomic E-state index is 0.201. The Morgan fingerprint density at radius 3 is 3.00 bits per heavy atom. The number of para-hydroxylation sites is 1. The molecule has 0 amide bonds. The second kappa shape index (κ2) is 3.36. The number of aromatic amines is 1. The summed E-state index contributed by atoms with van der Waals surface area (Å²) < 4.78 is 0. The van der Waals surface area contributed by atoms with Crippen LogP contribution in [0.4, 0.5) is 0 Å². The van der Waals surface area contributed by atoms with E-state index >= 15 is 0 Å². The molecule has 3 heteroatoms. The SMILES string of the molecule is CC1(CC(=O)O)CCc2c1[nH]c1ccccc21. The van der Waals surface area contributed by atoms with Crippen LogP contribution in [0.25, 0.3) is 10.9 Å². The Kier molecular flexibility index (Phi) is 2.05. The number of carboxylic acids is 1. The number of benzene rings is 1. The zero-order valence-electron chi connectivity index (χ0n) is 9.79. The summed E-state index contributed by atoms with van der Waals surface area (Å²) in [6.45, 7) is 2.04. The third kappa shape index (κ3) is 1.46. The zero-order chi connectivity index (χ0) is 12.0. The number of aryl methyl sites for hydroxylation is 1. The fraction of sp³-hybridized carbons (Fsp3) is 0.357. The predicted octanol–water partition coefficient (Wildman–Crippen LogP) is 2.85. The Balaban J connectivity index is 2.16. The highest BCUT2D eigenvalue weighted by molar-refractivity contribution is 5.86. The Morgan fingerprint density at radius 2 is 2.24 bits per heavy atom. The molecule has 0 saturated heterocycles. The van der Waals surface area contributed by atoms with E-state index in [1.165, 1.54) is 10.9 Å². The zero-order valence-corrected chi connectivity index (χ0v) is 9.79. The molecule has 1 aromatic carbocycles. The van der Waals surface area contributed by atoms with Crippen molar-refractivity contribution in [2.75, 3.05) is 0 Å². The van der Waals surface area contributed by atoms with E-state index in [0.29, 0.717) is 0 Å². The first-order chi connectivity index (χ1) is 8.10. The third-order valence-corrected chi connectivity index (χ3v) is 3.89. The van der Waals surface area contributed by atoms with Crippen molar-refractivity contribution in [3.8, 4) is 0 Å². The van der Waals surface area contributed by atoms with E-state index in [2.05, 4.69) is 17.1 Å². The van der Waals surface area contributed by atoms with Gasteiger partial charge in [0.15, 0.2) is 0 Å². The lowest BCUT2D eigenvalue weighted by atomic mass is 9.84. The molecule has 0 aliphatic heterocycles. The van der Waals surface area contributed by atoms with Crippen LogP contribution in [0.5, 0.6) is 0 Å². The van der Waals surface area contributed by atoms with Gasteiger partial charge in [0.05, 0.1) is 6.42 Å². The summed E-state index contributed by atoms with van der Waals surface area (Å²) in [5.74, 6) is -0.723. The number of carboxylic acid groups (broad SMARTS) is 1. The third-order valence-electron chi connectivity index (χ3n) is 3.89. The molecule has 3 nitrogen and oxygen atoms in total. The highest BCUT2D eigenvalue weighted by Gasteiger charge is 2.38. The van der Waals surface area contributed by atoms with E-state index in [1.54, 1.807) is 0 Å². The molecule has 2 N–H and O–H groups in total. The van der Waals surface area contributed by atoms with Crippen LogP contribution >= 0.6 is 0 Å². The van der Waals surface area contributed by atoms with Gasteiger partial charge in [-0.25, -0.2) is 0 Å². The molecular formula is C14H15NO2. The number of nitrogens with one attached hydrogen (secondary N) is 1. The molecule has 1 atom stereocenters. The average molecular weight is 229 g/mol. The summed E-state index contributed by atoms with van der Waals surface area (Å²) in [6.07, 6.45) is 2.10. The van der Waals surface area contributed by atoms with Crippen molar-refractivity contribution < 1.29 is 9.90 Å². The minimum Gasteiger partial charge on any atom is -0.481 e. The molecule has 1 aliphatic carbocycles. The smallest absolute Gasteiger partial charge is 0.304 e. The Hall–Kier alpha value is -1.77. The average Bonchev–Trinajstić information content (AvgIpc) is 2.77. The molecule has 88 valence electrons. The van der Waals surface area contributed by atoms with E-state index in [9.17, 15) is 4.79 Å². The van der Waals surface area contributed by atoms with Crippen molar-refractivity contribution in [2.45, 2.75) is 31.6 Å². The second-order valence-corrected chi connectivity index (χ2v) is 5.16.